The smallest absolute Gasteiger partial charge is 0.350 e. The van der Waals surface area contributed by atoms with Gasteiger partial charge in [0, 0.05) is 50.1 Å². The number of nitrogens with one attached hydrogen (secondary N) is 1. The molecule has 70 heavy (non-hydrogen) atoms. The lowest BCUT2D eigenvalue weighted by molar-refractivity contribution is -0.346. The molecular weight excluding hydrogens is 905 g/mol. The number of esters is 5. The number of aliphatic hydroxyl groups excluding tert-OH is 1. The van der Waals surface area contributed by atoms with Gasteiger partial charge in [0.15, 0.2) is 17.5 Å². The van der Waals surface area contributed by atoms with Gasteiger partial charge >= 0.3 is 29.8 Å². The number of aliphatic hydroxyl groups is 2. The second kappa shape index (κ2) is 19.0. The van der Waals surface area contributed by atoms with Gasteiger partial charge in [-0.15, -0.1) is 0 Å². The summed E-state index contributed by atoms with van der Waals surface area (Å²) in [5.74, 6) is -8.04. The van der Waals surface area contributed by atoms with E-state index in [1.807, 2.05) is 0 Å². The lowest BCUT2D eigenvalue weighted by Gasteiger charge is -2.67. The van der Waals surface area contributed by atoms with Gasteiger partial charge in [-0.2, -0.15) is 0 Å². The predicted octanol–water partition coefficient (Wildman–Crippen LogP) is 5.00. The van der Waals surface area contributed by atoms with Gasteiger partial charge < -0.3 is 44.0 Å². The lowest BCUT2D eigenvalue weighted by Crippen LogP contribution is -2.82. The van der Waals surface area contributed by atoms with Crippen LogP contribution in [0.5, 0.6) is 0 Å². The number of ketones is 1. The van der Waals surface area contributed by atoms with Crippen LogP contribution in [-0.2, 0) is 47.6 Å². The zero-order chi connectivity index (χ0) is 50.3. The van der Waals surface area contributed by atoms with Gasteiger partial charge in [0.2, 0.25) is 6.10 Å². The minimum absolute atomic E-state index is 0.0405. The second-order valence-corrected chi connectivity index (χ2v) is 19.0. The van der Waals surface area contributed by atoms with Crippen molar-refractivity contribution in [2.45, 2.75) is 108 Å². The summed E-state index contributed by atoms with van der Waals surface area (Å²) in [5.41, 5.74) is -7.47. The Hall–Kier alpha value is -7.08. The normalized spacial score (nSPS) is 29.4. The Morgan fingerprint density at radius 2 is 1.40 bits per heavy atom. The van der Waals surface area contributed by atoms with Crippen LogP contribution in [0, 0.1) is 16.7 Å². The minimum Gasteiger partial charge on any atom is -0.455 e. The van der Waals surface area contributed by atoms with E-state index in [4.69, 9.17) is 28.4 Å². The molecule has 0 spiro atoms. The van der Waals surface area contributed by atoms with E-state index in [1.165, 1.54) is 50.5 Å². The highest BCUT2D eigenvalue weighted by Crippen LogP contribution is 2.64. The number of fused-ring (bicyclic) bond motifs is 5. The Morgan fingerprint density at radius 3 is 1.97 bits per heavy atom. The third kappa shape index (κ3) is 8.55. The Bertz CT molecular complexity index is 2710. The lowest BCUT2D eigenvalue weighted by atomic mass is 9.44. The Balaban J connectivity index is 1.31. The first-order valence-electron chi connectivity index (χ1n) is 22.9. The van der Waals surface area contributed by atoms with Crippen LogP contribution in [0.4, 0.5) is 0 Å². The average Bonchev–Trinajstić information content (AvgIpc) is 3.34. The van der Waals surface area contributed by atoms with Crippen molar-refractivity contribution in [3.63, 3.8) is 0 Å². The van der Waals surface area contributed by atoms with Gasteiger partial charge in [0.05, 0.1) is 35.2 Å². The van der Waals surface area contributed by atoms with Crippen molar-refractivity contribution in [2.75, 3.05) is 6.61 Å². The number of rotatable bonds is 12. The molecule has 8 rings (SSSR count). The molecule has 0 radical (unpaired) electrons. The molecule has 1 aromatic heterocycles. The first-order valence-corrected chi connectivity index (χ1v) is 22.9. The molecule has 3 fully saturated rings. The molecular formula is C53H54N2O15. The Morgan fingerprint density at radius 1 is 0.786 bits per heavy atom. The molecule has 11 atom stereocenters. The zero-order valence-electron chi connectivity index (χ0n) is 39.4. The summed E-state index contributed by atoms with van der Waals surface area (Å²) in [7, 11) is 0. The number of hydrogen-bond acceptors (Lipinski definition) is 16. The van der Waals surface area contributed by atoms with Crippen LogP contribution in [0.25, 0.3) is 0 Å². The fourth-order valence-corrected chi connectivity index (χ4v) is 11.0. The number of benzene rings is 3. The summed E-state index contributed by atoms with van der Waals surface area (Å²) < 4.78 is 36.8. The van der Waals surface area contributed by atoms with Crippen LogP contribution >= 0.6 is 0 Å². The predicted molar refractivity (Wildman–Crippen MR) is 245 cm³/mol. The molecule has 3 aromatic carbocycles. The summed E-state index contributed by atoms with van der Waals surface area (Å²) in [6.07, 6.45) is -8.13. The van der Waals surface area contributed by atoms with E-state index in [9.17, 15) is 34.2 Å². The topological polar surface area (TPSA) is 240 Å². The van der Waals surface area contributed by atoms with Crippen LogP contribution < -0.4 is 5.32 Å². The van der Waals surface area contributed by atoms with E-state index in [0.29, 0.717) is 5.56 Å². The fourth-order valence-electron chi connectivity index (χ4n) is 11.0. The molecule has 366 valence electrons. The molecule has 3 aliphatic carbocycles. The molecule has 1 saturated heterocycles. The average molecular weight is 959 g/mol. The van der Waals surface area contributed by atoms with Crippen molar-refractivity contribution in [3.05, 3.63) is 149 Å². The minimum atomic E-state index is -2.46. The largest absolute Gasteiger partial charge is 0.455 e. The van der Waals surface area contributed by atoms with Gasteiger partial charge in [0.25, 0.3) is 5.91 Å². The number of amides is 1. The maximum Gasteiger partial charge on any atom is 0.350 e. The van der Waals surface area contributed by atoms with E-state index in [2.05, 4.69) is 10.3 Å². The summed E-state index contributed by atoms with van der Waals surface area (Å²) >= 11 is 0. The van der Waals surface area contributed by atoms with Crippen molar-refractivity contribution in [2.24, 2.45) is 16.7 Å². The molecule has 17 heteroatoms. The highest BCUT2D eigenvalue weighted by atomic mass is 16.6. The van der Waals surface area contributed by atoms with Gasteiger partial charge in [-0.25, -0.2) is 14.4 Å². The highest BCUT2D eigenvalue weighted by Gasteiger charge is 2.78. The second-order valence-electron chi connectivity index (χ2n) is 19.0. The molecule has 17 nitrogen and oxygen atoms in total. The summed E-state index contributed by atoms with van der Waals surface area (Å²) in [5, 5.41) is 29.0. The van der Waals surface area contributed by atoms with Crippen molar-refractivity contribution < 1.29 is 72.2 Å². The van der Waals surface area contributed by atoms with Crippen LogP contribution in [0.2, 0.25) is 0 Å². The maximum atomic E-state index is 15.7. The highest BCUT2D eigenvalue weighted by molar-refractivity contribution is 5.97. The number of Topliss-reactive ketones (excluding diaryl/α,β-unsaturated/α-hetero) is 1. The molecule has 4 aromatic rings. The number of ether oxygens (including phenoxy) is 6. The summed E-state index contributed by atoms with van der Waals surface area (Å²) in [4.78, 5) is 104. The zero-order valence-corrected chi connectivity index (χ0v) is 39.4. The van der Waals surface area contributed by atoms with E-state index in [0.717, 1.165) is 13.8 Å². The molecule has 2 unspecified atom stereocenters. The fraction of sp³-hybridized carbons (Fsp3) is 0.396. The molecule has 1 aliphatic heterocycles. The van der Waals surface area contributed by atoms with Crippen LogP contribution in [0.1, 0.15) is 97.1 Å². The first-order chi connectivity index (χ1) is 33.2. The van der Waals surface area contributed by atoms with Crippen molar-refractivity contribution in [1.29, 1.82) is 0 Å². The number of carbonyl (C=O) groups is 7. The molecule has 3 N–H and O–H groups in total. The van der Waals surface area contributed by atoms with Gasteiger partial charge in [0.1, 0.15) is 30.0 Å². The van der Waals surface area contributed by atoms with E-state index >= 15 is 9.59 Å². The molecule has 4 aliphatic rings. The van der Waals surface area contributed by atoms with Gasteiger partial charge in [-0.1, -0.05) is 80.6 Å². The number of aromatic nitrogens is 1. The number of nitrogens with zero attached hydrogens (tertiary/aromatic N) is 1. The SMILES string of the molecule is CC(=O)O[C@H]1C(=O)[C@@]2(C)C([C@H](OC(=O)c3ccccc3)C3(O)C[C@H](OC(=O)[C@H](OC(=O)c4cccnc4)[C@@H](NC(=O)c4ccccc4)c4ccccc4)C(C)=C1C3(C)C)[C@]1(OC(C)=O)CO[C@@H]1C[C@@H]2O. The number of carbonyl (C=O) groups excluding carboxylic acids is 7. The summed E-state index contributed by atoms with van der Waals surface area (Å²) in [6.45, 7) is 7.89. The third-order valence-corrected chi connectivity index (χ3v) is 14.6. The van der Waals surface area contributed by atoms with Crippen molar-refractivity contribution >= 4 is 41.5 Å². The number of hydrogen-bond donors (Lipinski definition) is 3. The van der Waals surface area contributed by atoms with Crippen LogP contribution in [-0.4, -0.2) is 111 Å². The van der Waals surface area contributed by atoms with Crippen LogP contribution in [0.15, 0.2) is 127 Å². The van der Waals surface area contributed by atoms with Crippen molar-refractivity contribution in [1.82, 2.24) is 10.3 Å². The quantitative estimate of drug-likeness (QED) is 0.0962. The molecule has 2 bridgehead atoms. The summed E-state index contributed by atoms with van der Waals surface area (Å²) in [6, 6.07) is 25.7. The number of pyridine rings is 1. The molecule has 2 saturated carbocycles. The van der Waals surface area contributed by atoms with Crippen LogP contribution in [0.3, 0.4) is 0 Å². The Kier molecular flexibility index (Phi) is 13.4. The third-order valence-electron chi connectivity index (χ3n) is 14.6. The van der Waals surface area contributed by atoms with E-state index in [1.54, 1.807) is 92.7 Å². The maximum absolute atomic E-state index is 15.7. The van der Waals surface area contributed by atoms with Crippen molar-refractivity contribution in [3.8, 4) is 0 Å². The monoisotopic (exact) mass is 958 g/mol. The van der Waals surface area contributed by atoms with Gasteiger partial charge in [-0.05, 0) is 67.0 Å². The first kappa shape index (κ1) is 49.3. The Labute approximate surface area is 403 Å². The van der Waals surface area contributed by atoms with Gasteiger partial charge in [-0.3, -0.25) is 24.2 Å². The molecule has 2 heterocycles. The van der Waals surface area contributed by atoms with E-state index < -0.39 is 119 Å². The van der Waals surface area contributed by atoms with E-state index in [-0.39, 0.29) is 40.9 Å². The molecule has 1 amide bonds. The standard InChI is InChI=1S/C53H54N2O15/c1-29-36(67-49(63)42(68-48(62)35-23-16-24-54-27-35)40(32-17-10-7-11-18-32)55-46(60)33-19-12-8-13-20-33)26-53(64)45(69-47(61)34-21-14-9-15-22-34)43-51(6,37(58)25-38-52(43,28-65-38)70-31(3)57)44(59)41(66-30(2)56)39(29)50(53,4)5/h7-24,27,36-38,40-43,45,58,64H,25-26,28H2,1-6H3,(H,55,60)/t36-,37-,38+,40-,41+,42+,43?,45-,51+,52-,53?/m0/s1.